The molecule has 4 aromatic rings. The number of anilines is 1. The van der Waals surface area contributed by atoms with Crippen LogP contribution in [0, 0.1) is 5.82 Å². The lowest BCUT2D eigenvalue weighted by atomic mass is 10.0. The summed E-state index contributed by atoms with van der Waals surface area (Å²) in [7, 11) is 1.21. The number of rotatable bonds is 18. The van der Waals surface area contributed by atoms with Crippen LogP contribution in [0.5, 0.6) is 17.2 Å². The molecule has 2 amide bonds. The number of carboxylic acid groups (broad SMARTS) is 1. The van der Waals surface area contributed by atoms with Gasteiger partial charge in [-0.1, -0.05) is 50.8 Å². The molecule has 0 atom stereocenters. The van der Waals surface area contributed by atoms with Crippen LogP contribution in [0.1, 0.15) is 76.4 Å². The minimum Gasteiger partial charge on any atom is -0.497 e. The van der Waals surface area contributed by atoms with E-state index in [1.165, 1.54) is 62.8 Å². The van der Waals surface area contributed by atoms with Crippen molar-refractivity contribution in [2.24, 2.45) is 0 Å². The first-order chi connectivity index (χ1) is 25.8. The number of carboxylic acids is 1. The lowest BCUT2D eigenvalue weighted by Crippen LogP contribution is -2.35. The topological polar surface area (TPSA) is 131 Å². The van der Waals surface area contributed by atoms with Crippen LogP contribution in [0.15, 0.2) is 84.9 Å². The summed E-state index contributed by atoms with van der Waals surface area (Å²) < 4.78 is 71.9. The van der Waals surface area contributed by atoms with Gasteiger partial charge in [0.15, 0.2) is 0 Å². The van der Waals surface area contributed by atoms with Crippen LogP contribution in [0.4, 0.5) is 23.2 Å². The first kappa shape index (κ1) is 40.8. The summed E-state index contributed by atoms with van der Waals surface area (Å²) in [5.41, 5.74) is -1.28. The van der Waals surface area contributed by atoms with E-state index in [4.69, 9.17) is 14.2 Å². The number of halogens is 4. The number of hydrogen-bond acceptors (Lipinski definition) is 7. The lowest BCUT2D eigenvalue weighted by molar-refractivity contribution is -0.139. The molecule has 0 aliphatic rings. The summed E-state index contributed by atoms with van der Waals surface area (Å²) in [5, 5.41) is 11.8. The molecule has 0 aliphatic carbocycles. The van der Waals surface area contributed by atoms with Gasteiger partial charge in [0.25, 0.3) is 5.91 Å². The van der Waals surface area contributed by atoms with E-state index in [1.807, 2.05) is 0 Å². The molecule has 10 nitrogen and oxygen atoms in total. The van der Waals surface area contributed by atoms with Crippen LogP contribution in [0.3, 0.4) is 0 Å². The van der Waals surface area contributed by atoms with Crippen molar-refractivity contribution in [1.29, 1.82) is 0 Å². The van der Waals surface area contributed by atoms with Gasteiger partial charge in [-0.25, -0.2) is 9.18 Å². The van der Waals surface area contributed by atoms with Gasteiger partial charge in [-0.2, -0.15) is 13.2 Å². The van der Waals surface area contributed by atoms with Gasteiger partial charge in [-0.3, -0.25) is 14.4 Å². The molecule has 54 heavy (non-hydrogen) atoms. The van der Waals surface area contributed by atoms with Gasteiger partial charge in [-0.15, -0.1) is 0 Å². The number of esters is 1. The van der Waals surface area contributed by atoms with Crippen molar-refractivity contribution >= 4 is 29.4 Å². The van der Waals surface area contributed by atoms with Gasteiger partial charge in [0.1, 0.15) is 29.6 Å². The Hall–Kier alpha value is -5.92. The molecule has 0 saturated carbocycles. The van der Waals surface area contributed by atoms with Crippen LogP contribution in [0.2, 0.25) is 0 Å². The third kappa shape index (κ3) is 12.1. The Morgan fingerprint density at radius 2 is 1.48 bits per heavy atom. The summed E-state index contributed by atoms with van der Waals surface area (Å²) in [6.45, 7) is 1.71. The number of nitrogens with one attached hydrogen (secondary N) is 1. The summed E-state index contributed by atoms with van der Waals surface area (Å²) >= 11 is 0. The lowest BCUT2D eigenvalue weighted by Gasteiger charge is -2.21. The van der Waals surface area contributed by atoms with Gasteiger partial charge >= 0.3 is 18.1 Å². The maximum atomic E-state index is 15.2. The molecule has 0 aromatic heterocycles. The second-order valence-electron chi connectivity index (χ2n) is 12.3. The van der Waals surface area contributed by atoms with E-state index in [9.17, 15) is 37.5 Å². The maximum absolute atomic E-state index is 15.2. The Kier molecular flexibility index (Phi) is 14.6. The Bertz CT molecular complexity index is 1910. The van der Waals surface area contributed by atoms with Gasteiger partial charge in [0.2, 0.25) is 5.91 Å². The van der Waals surface area contributed by atoms with E-state index in [-0.39, 0.29) is 29.3 Å². The molecule has 2 N–H and O–H groups in total. The third-order valence-electron chi connectivity index (χ3n) is 8.18. The van der Waals surface area contributed by atoms with Gasteiger partial charge < -0.3 is 29.5 Å². The highest BCUT2D eigenvalue weighted by molar-refractivity contribution is 5.97. The second-order valence-corrected chi connectivity index (χ2v) is 12.3. The molecule has 0 bridgehead atoms. The van der Waals surface area contributed by atoms with Gasteiger partial charge in [-0.05, 0) is 84.3 Å². The highest BCUT2D eigenvalue weighted by Gasteiger charge is 2.34. The molecule has 14 heteroatoms. The fraction of sp³-hybridized carbons (Fsp3) is 0.300. The van der Waals surface area contributed by atoms with E-state index >= 15 is 4.39 Å². The van der Waals surface area contributed by atoms with E-state index in [1.54, 1.807) is 24.3 Å². The summed E-state index contributed by atoms with van der Waals surface area (Å²) in [6.07, 6.45) is 0.127. The fourth-order valence-corrected chi connectivity index (χ4v) is 5.41. The predicted octanol–water partition coefficient (Wildman–Crippen LogP) is 8.33. The van der Waals surface area contributed by atoms with Crippen molar-refractivity contribution in [1.82, 2.24) is 4.90 Å². The minimum atomic E-state index is -4.76. The van der Waals surface area contributed by atoms with Crippen molar-refractivity contribution in [3.63, 3.8) is 0 Å². The monoisotopic (exact) mass is 752 g/mol. The van der Waals surface area contributed by atoms with Crippen molar-refractivity contribution in [2.45, 2.75) is 58.2 Å². The number of aliphatic carboxylic acids is 1. The highest BCUT2D eigenvalue weighted by atomic mass is 19.4. The molecule has 286 valence electrons. The zero-order valence-corrected chi connectivity index (χ0v) is 29.7. The number of methoxy groups -OCH3 is 1. The number of carbonyl (C=O) groups excluding carboxylic acids is 3. The van der Waals surface area contributed by atoms with Crippen molar-refractivity contribution in [2.75, 3.05) is 25.6 Å². The Morgan fingerprint density at radius 1 is 0.815 bits per heavy atom. The average molecular weight is 753 g/mol. The molecule has 0 fully saturated rings. The quantitative estimate of drug-likeness (QED) is 0.0449. The van der Waals surface area contributed by atoms with Crippen LogP contribution >= 0.6 is 0 Å². The number of carbonyl (C=O) groups is 4. The number of nitrogens with zero attached hydrogens (tertiary/aromatic N) is 1. The molecule has 0 saturated heterocycles. The first-order valence-electron chi connectivity index (χ1n) is 17.2. The molecule has 4 aromatic carbocycles. The second kappa shape index (κ2) is 19.2. The molecule has 0 aliphatic heterocycles. The standard InChI is InChI=1S/C40H40F4N2O8/c1-3-4-5-6-7-20-53-30-16-10-27(11-17-30)39(51)54-31-14-8-26(9-15-31)24-46(25-37(48)49)38(50)33-19-13-29(22-35(33)41)45-36(47)21-28-12-18-32(52-2)23-34(28)40(42,43)44/h8-19,22-23H,3-7,20-21,24-25H2,1-2H3,(H,45,47)(H,48,49). The van der Waals surface area contributed by atoms with Gasteiger partial charge in [0, 0.05) is 12.2 Å². The van der Waals surface area contributed by atoms with Gasteiger partial charge in [0.05, 0.1) is 36.8 Å². The first-order valence-corrected chi connectivity index (χ1v) is 17.2. The number of hydrogen-bond donors (Lipinski definition) is 2. The molecule has 0 unspecified atom stereocenters. The molecular weight excluding hydrogens is 712 g/mol. The van der Waals surface area contributed by atoms with E-state index in [0.717, 1.165) is 42.0 Å². The van der Waals surface area contributed by atoms with Crippen LogP contribution in [0.25, 0.3) is 0 Å². The third-order valence-corrected chi connectivity index (χ3v) is 8.18. The number of alkyl halides is 3. The maximum Gasteiger partial charge on any atom is 0.416 e. The zero-order chi connectivity index (χ0) is 39.3. The van der Waals surface area contributed by atoms with Crippen molar-refractivity contribution in [3.8, 4) is 17.2 Å². The number of unbranched alkanes of at least 4 members (excludes halogenated alkanes) is 4. The molecular formula is C40H40F4N2O8. The predicted molar refractivity (Wildman–Crippen MR) is 191 cm³/mol. The summed E-state index contributed by atoms with van der Waals surface area (Å²) in [4.78, 5) is 51.1. The zero-order valence-electron chi connectivity index (χ0n) is 29.7. The Morgan fingerprint density at radius 3 is 2.11 bits per heavy atom. The van der Waals surface area contributed by atoms with Crippen molar-refractivity contribution < 1.29 is 56.1 Å². The normalized spacial score (nSPS) is 11.1. The molecule has 4 rings (SSSR count). The number of ether oxygens (including phenoxy) is 3. The molecule has 0 radical (unpaired) electrons. The fourth-order valence-electron chi connectivity index (χ4n) is 5.41. The van der Waals surface area contributed by atoms with Crippen LogP contribution in [-0.4, -0.2) is 54.0 Å². The average Bonchev–Trinajstić information content (AvgIpc) is 3.13. The van der Waals surface area contributed by atoms with Crippen LogP contribution < -0.4 is 19.5 Å². The van der Waals surface area contributed by atoms with Crippen LogP contribution in [-0.2, 0) is 28.7 Å². The number of benzene rings is 4. The van der Waals surface area contributed by atoms with Crippen molar-refractivity contribution in [3.05, 3.63) is 119 Å². The highest BCUT2D eigenvalue weighted by Crippen LogP contribution is 2.35. The number of amides is 2. The largest absolute Gasteiger partial charge is 0.497 e. The SMILES string of the molecule is CCCCCCCOc1ccc(C(=O)Oc2ccc(CN(CC(=O)O)C(=O)c3ccc(NC(=O)Cc4ccc(OC)cc4C(F)(F)F)cc3F)cc2)cc1. The minimum absolute atomic E-state index is 0.0458. The van der Waals surface area contributed by atoms with E-state index in [2.05, 4.69) is 12.2 Å². The molecule has 0 heterocycles. The Balaban J connectivity index is 1.35. The Labute approximate surface area is 309 Å². The van der Waals surface area contributed by atoms with E-state index < -0.39 is 59.8 Å². The molecule has 0 spiro atoms. The smallest absolute Gasteiger partial charge is 0.416 e. The summed E-state index contributed by atoms with van der Waals surface area (Å²) in [6, 6.07) is 18.7. The summed E-state index contributed by atoms with van der Waals surface area (Å²) in [5.74, 6) is -4.14. The van der Waals surface area contributed by atoms with E-state index in [0.29, 0.717) is 23.5 Å².